The first kappa shape index (κ1) is 15.5. The second-order valence-electron chi connectivity index (χ2n) is 4.32. The lowest BCUT2D eigenvalue weighted by molar-refractivity contribution is 0.0565. The molecular weight excluding hydrogens is 296 g/mol. The number of nitrogens with zero attached hydrogens (tertiary/aromatic N) is 2. The summed E-state index contributed by atoms with van der Waals surface area (Å²) >= 11 is 5.92. The minimum absolute atomic E-state index is 0.0328. The van der Waals surface area contributed by atoms with Gasteiger partial charge < -0.3 is 9.47 Å². The first-order valence-electron chi connectivity index (χ1n) is 6.24. The Bertz CT molecular complexity index is 709. The summed E-state index contributed by atoms with van der Waals surface area (Å²) in [5.41, 5.74) is -0.0968. The molecule has 112 valence electrons. The van der Waals surface area contributed by atoms with Gasteiger partial charge >= 0.3 is 5.69 Å². The Hall–Kier alpha value is -1.89. The first-order valence-corrected chi connectivity index (χ1v) is 6.62. The summed E-state index contributed by atoms with van der Waals surface area (Å²) in [5.74, 6) is 0. The van der Waals surface area contributed by atoms with Crippen LogP contribution >= 0.6 is 11.6 Å². The van der Waals surface area contributed by atoms with E-state index in [9.17, 15) is 9.59 Å². The molecule has 0 amide bonds. The summed E-state index contributed by atoms with van der Waals surface area (Å²) in [6.07, 6.45) is 0. The van der Waals surface area contributed by atoms with Crippen molar-refractivity contribution in [3.8, 4) is 0 Å². The summed E-state index contributed by atoms with van der Waals surface area (Å²) in [6, 6.07) is 10.7. The first-order chi connectivity index (χ1) is 10.1. The Kier molecular flexibility index (Phi) is 5.32. The van der Waals surface area contributed by atoms with Gasteiger partial charge in [-0.05, 0) is 5.56 Å². The fourth-order valence-electron chi connectivity index (χ4n) is 1.78. The molecule has 0 unspecified atom stereocenters. The highest BCUT2D eigenvalue weighted by Crippen LogP contribution is 2.05. The van der Waals surface area contributed by atoms with Crippen LogP contribution in [0.5, 0.6) is 0 Å². The van der Waals surface area contributed by atoms with Gasteiger partial charge in [0.05, 0.1) is 6.61 Å². The van der Waals surface area contributed by atoms with Gasteiger partial charge in [-0.15, -0.1) is 0 Å². The Morgan fingerprint density at radius 3 is 2.48 bits per heavy atom. The standard InChI is InChI=1S/C14H15ClN2O4/c1-20-9-17-13(18)7-12(15)16(14(17)19)10-21-8-11-5-3-2-4-6-11/h2-7H,8-10H2,1H3. The highest BCUT2D eigenvalue weighted by atomic mass is 35.5. The third kappa shape index (κ3) is 3.81. The molecule has 0 aliphatic heterocycles. The van der Waals surface area contributed by atoms with E-state index in [2.05, 4.69) is 0 Å². The van der Waals surface area contributed by atoms with Crippen LogP contribution in [0.3, 0.4) is 0 Å². The van der Waals surface area contributed by atoms with Crippen molar-refractivity contribution in [3.05, 3.63) is 68.0 Å². The molecule has 21 heavy (non-hydrogen) atoms. The Labute approximate surface area is 126 Å². The van der Waals surface area contributed by atoms with Crippen molar-refractivity contribution in [1.82, 2.24) is 9.13 Å². The quantitative estimate of drug-likeness (QED) is 0.758. The van der Waals surface area contributed by atoms with Gasteiger partial charge in [-0.1, -0.05) is 41.9 Å². The third-order valence-electron chi connectivity index (χ3n) is 2.82. The van der Waals surface area contributed by atoms with Crippen LogP contribution < -0.4 is 11.2 Å². The highest BCUT2D eigenvalue weighted by Gasteiger charge is 2.09. The van der Waals surface area contributed by atoms with Gasteiger partial charge in [-0.2, -0.15) is 0 Å². The van der Waals surface area contributed by atoms with Crippen molar-refractivity contribution in [1.29, 1.82) is 0 Å². The van der Waals surface area contributed by atoms with Crippen LogP contribution in [-0.2, 0) is 29.5 Å². The number of halogens is 1. The summed E-state index contributed by atoms with van der Waals surface area (Å²) in [6.45, 7) is 0.164. The normalized spacial score (nSPS) is 10.8. The Morgan fingerprint density at radius 2 is 1.81 bits per heavy atom. The lowest BCUT2D eigenvalue weighted by atomic mass is 10.2. The van der Waals surface area contributed by atoms with Crippen LogP contribution in [0.4, 0.5) is 0 Å². The molecule has 0 fully saturated rings. The summed E-state index contributed by atoms with van der Waals surface area (Å²) in [4.78, 5) is 23.8. The van der Waals surface area contributed by atoms with E-state index in [1.807, 2.05) is 30.3 Å². The molecule has 0 bridgehead atoms. The van der Waals surface area contributed by atoms with E-state index >= 15 is 0 Å². The molecule has 0 saturated carbocycles. The topological polar surface area (TPSA) is 62.5 Å². The predicted octanol–water partition coefficient (Wildman–Crippen LogP) is 1.44. The summed E-state index contributed by atoms with van der Waals surface area (Å²) < 4.78 is 12.4. The number of rotatable bonds is 6. The van der Waals surface area contributed by atoms with Gasteiger partial charge in [0.2, 0.25) is 0 Å². The van der Waals surface area contributed by atoms with Crippen molar-refractivity contribution < 1.29 is 9.47 Å². The molecule has 2 rings (SSSR count). The van der Waals surface area contributed by atoms with Crippen LogP contribution in [0.2, 0.25) is 5.15 Å². The van der Waals surface area contributed by atoms with E-state index in [1.54, 1.807) is 0 Å². The number of hydrogen-bond donors (Lipinski definition) is 0. The summed E-state index contributed by atoms with van der Waals surface area (Å²) in [7, 11) is 1.40. The second-order valence-corrected chi connectivity index (χ2v) is 4.71. The van der Waals surface area contributed by atoms with Gasteiger partial charge in [-0.3, -0.25) is 9.36 Å². The van der Waals surface area contributed by atoms with E-state index in [0.29, 0.717) is 6.61 Å². The molecule has 2 aromatic rings. The van der Waals surface area contributed by atoms with Crippen LogP contribution in [-0.4, -0.2) is 16.2 Å². The van der Waals surface area contributed by atoms with E-state index in [4.69, 9.17) is 21.1 Å². The molecule has 7 heteroatoms. The fraction of sp³-hybridized carbons (Fsp3) is 0.286. The van der Waals surface area contributed by atoms with Crippen LogP contribution in [0.25, 0.3) is 0 Å². The molecule has 0 saturated heterocycles. The van der Waals surface area contributed by atoms with Crippen LogP contribution in [0.1, 0.15) is 5.56 Å². The minimum Gasteiger partial charge on any atom is -0.364 e. The second kappa shape index (κ2) is 7.21. The largest absolute Gasteiger partial charge is 0.364 e. The maximum absolute atomic E-state index is 12.1. The zero-order valence-corrected chi connectivity index (χ0v) is 12.2. The third-order valence-corrected chi connectivity index (χ3v) is 3.13. The molecule has 0 aliphatic carbocycles. The highest BCUT2D eigenvalue weighted by molar-refractivity contribution is 6.29. The maximum Gasteiger partial charge on any atom is 0.335 e. The average Bonchev–Trinajstić information content (AvgIpc) is 2.48. The van der Waals surface area contributed by atoms with Crippen molar-refractivity contribution in [2.75, 3.05) is 7.11 Å². The van der Waals surface area contributed by atoms with Gasteiger partial charge in [-0.25, -0.2) is 9.36 Å². The van der Waals surface area contributed by atoms with Gasteiger partial charge in [0.1, 0.15) is 18.6 Å². The van der Waals surface area contributed by atoms with E-state index in [-0.39, 0.29) is 18.6 Å². The zero-order chi connectivity index (χ0) is 15.2. The Balaban J connectivity index is 2.15. The SMILES string of the molecule is COCn1c(=O)cc(Cl)n(COCc2ccccc2)c1=O. The van der Waals surface area contributed by atoms with Crippen molar-refractivity contribution in [3.63, 3.8) is 0 Å². The van der Waals surface area contributed by atoms with E-state index < -0.39 is 11.2 Å². The number of aromatic nitrogens is 2. The minimum atomic E-state index is -0.567. The molecule has 1 aromatic heterocycles. The average molecular weight is 311 g/mol. The molecule has 6 nitrogen and oxygen atoms in total. The molecule has 1 aromatic carbocycles. The molecule has 1 heterocycles. The van der Waals surface area contributed by atoms with Crippen molar-refractivity contribution >= 4 is 11.6 Å². The van der Waals surface area contributed by atoms with E-state index in [0.717, 1.165) is 16.2 Å². The van der Waals surface area contributed by atoms with Gasteiger partial charge in [0, 0.05) is 13.2 Å². The van der Waals surface area contributed by atoms with Crippen LogP contribution in [0, 0.1) is 0 Å². The van der Waals surface area contributed by atoms with Crippen LogP contribution in [0.15, 0.2) is 46.0 Å². The number of ether oxygens (including phenoxy) is 2. The molecule has 0 spiro atoms. The smallest absolute Gasteiger partial charge is 0.335 e. The van der Waals surface area contributed by atoms with Crippen molar-refractivity contribution in [2.45, 2.75) is 20.1 Å². The summed E-state index contributed by atoms with van der Waals surface area (Å²) in [5, 5.41) is 0.0328. The molecule has 0 N–H and O–H groups in total. The molecule has 0 atom stereocenters. The Morgan fingerprint density at radius 1 is 1.10 bits per heavy atom. The predicted molar refractivity (Wildman–Crippen MR) is 78.2 cm³/mol. The van der Waals surface area contributed by atoms with Crippen molar-refractivity contribution in [2.24, 2.45) is 0 Å². The maximum atomic E-state index is 12.1. The lowest BCUT2D eigenvalue weighted by Gasteiger charge is -2.12. The lowest BCUT2D eigenvalue weighted by Crippen LogP contribution is -2.40. The molecule has 0 radical (unpaired) electrons. The van der Waals surface area contributed by atoms with Gasteiger partial charge in [0.25, 0.3) is 5.56 Å². The van der Waals surface area contributed by atoms with E-state index in [1.165, 1.54) is 11.7 Å². The monoisotopic (exact) mass is 310 g/mol. The molecule has 0 aliphatic rings. The van der Waals surface area contributed by atoms with Gasteiger partial charge in [0.15, 0.2) is 0 Å². The number of benzene rings is 1. The zero-order valence-electron chi connectivity index (χ0n) is 11.5. The molecular formula is C14H15ClN2O4. The number of hydrogen-bond acceptors (Lipinski definition) is 4. The fourth-order valence-corrected chi connectivity index (χ4v) is 2.00. The number of methoxy groups -OCH3 is 1.